The van der Waals surface area contributed by atoms with Crippen molar-refractivity contribution in [3.05, 3.63) is 46.3 Å². The van der Waals surface area contributed by atoms with Crippen molar-refractivity contribution in [1.82, 2.24) is 4.98 Å². The lowest BCUT2D eigenvalue weighted by molar-refractivity contribution is -0.131. The van der Waals surface area contributed by atoms with Crippen molar-refractivity contribution >= 4 is 35.0 Å². The molecule has 2 N–H and O–H groups in total. The summed E-state index contributed by atoms with van der Waals surface area (Å²) >= 11 is 1.20. The molecule has 0 bridgehead atoms. The minimum atomic E-state index is -1.03. The molecule has 0 saturated heterocycles. The van der Waals surface area contributed by atoms with Crippen molar-refractivity contribution in [2.45, 2.75) is 0 Å². The van der Waals surface area contributed by atoms with Crippen molar-refractivity contribution in [3.63, 3.8) is 0 Å². The summed E-state index contributed by atoms with van der Waals surface area (Å²) < 4.78 is 4.93. The zero-order valence-corrected chi connectivity index (χ0v) is 11.9. The molecule has 2 aromatic rings. The molecule has 1 amide bonds. The van der Waals surface area contributed by atoms with Crippen molar-refractivity contribution in [1.29, 1.82) is 0 Å². The topological polar surface area (TPSA) is 88.5 Å². The number of hydrogen-bond donors (Lipinski definition) is 2. The number of thiophene rings is 1. The summed E-state index contributed by atoms with van der Waals surface area (Å²) in [4.78, 5) is 27.6. The number of methoxy groups -OCH3 is 1. The fourth-order valence-corrected chi connectivity index (χ4v) is 2.29. The average molecular weight is 304 g/mol. The van der Waals surface area contributed by atoms with Gasteiger partial charge in [0.1, 0.15) is 0 Å². The first kappa shape index (κ1) is 14.7. The Morgan fingerprint density at radius 2 is 2.14 bits per heavy atom. The van der Waals surface area contributed by atoms with E-state index < -0.39 is 5.97 Å². The molecule has 0 aliphatic heterocycles. The summed E-state index contributed by atoms with van der Waals surface area (Å²) in [7, 11) is 1.51. The molecule has 0 fully saturated rings. The van der Waals surface area contributed by atoms with Gasteiger partial charge in [-0.15, -0.1) is 11.3 Å². The van der Waals surface area contributed by atoms with Crippen LogP contribution in [0.1, 0.15) is 14.5 Å². The first-order chi connectivity index (χ1) is 10.1. The maximum Gasteiger partial charge on any atom is 0.328 e. The van der Waals surface area contributed by atoms with Gasteiger partial charge in [-0.2, -0.15) is 0 Å². The summed E-state index contributed by atoms with van der Waals surface area (Å²) in [5, 5.41) is 11.3. The Hall–Kier alpha value is -2.67. The summed E-state index contributed by atoms with van der Waals surface area (Å²) in [6.45, 7) is 0. The fraction of sp³-hybridized carbons (Fsp3) is 0.0714. The molecule has 2 aromatic heterocycles. The van der Waals surface area contributed by atoms with E-state index in [9.17, 15) is 9.59 Å². The number of rotatable bonds is 5. The quantitative estimate of drug-likeness (QED) is 0.829. The van der Waals surface area contributed by atoms with Gasteiger partial charge < -0.3 is 15.2 Å². The van der Waals surface area contributed by atoms with Crippen LogP contribution < -0.4 is 10.1 Å². The van der Waals surface area contributed by atoms with Gasteiger partial charge in [-0.05, 0) is 24.3 Å². The monoisotopic (exact) mass is 304 g/mol. The Bertz CT molecular complexity index is 677. The fourth-order valence-electron chi connectivity index (χ4n) is 1.49. The summed E-state index contributed by atoms with van der Waals surface area (Å²) in [6.07, 6.45) is 3.97. The van der Waals surface area contributed by atoms with E-state index in [1.807, 2.05) is 0 Å². The van der Waals surface area contributed by atoms with E-state index in [0.717, 1.165) is 6.08 Å². The first-order valence-corrected chi connectivity index (χ1v) is 6.72. The molecule has 0 unspecified atom stereocenters. The lowest BCUT2D eigenvalue weighted by Crippen LogP contribution is -2.10. The highest BCUT2D eigenvalue weighted by Gasteiger charge is 2.09. The first-order valence-electron chi connectivity index (χ1n) is 5.91. The van der Waals surface area contributed by atoms with Crippen molar-refractivity contribution in [3.8, 4) is 5.88 Å². The van der Waals surface area contributed by atoms with Crippen LogP contribution in [0.5, 0.6) is 5.88 Å². The molecule has 2 heterocycles. The van der Waals surface area contributed by atoms with Crippen LogP contribution in [0.4, 0.5) is 5.69 Å². The van der Waals surface area contributed by atoms with Gasteiger partial charge in [-0.1, -0.05) is 0 Å². The molecule has 0 saturated carbocycles. The number of carboxylic acid groups (broad SMARTS) is 1. The van der Waals surface area contributed by atoms with Gasteiger partial charge in [-0.25, -0.2) is 9.78 Å². The second kappa shape index (κ2) is 6.67. The number of hydrogen-bond acceptors (Lipinski definition) is 5. The number of aromatic nitrogens is 1. The Labute approximate surface area is 124 Å². The zero-order valence-electron chi connectivity index (χ0n) is 11.1. The summed E-state index contributed by atoms with van der Waals surface area (Å²) in [5.74, 6) is -0.842. The molecule has 0 atom stereocenters. The third kappa shape index (κ3) is 4.15. The molecular weight excluding hydrogens is 292 g/mol. The normalized spacial score (nSPS) is 10.5. The predicted molar refractivity (Wildman–Crippen MR) is 79.7 cm³/mol. The van der Waals surface area contributed by atoms with Crippen LogP contribution in [-0.4, -0.2) is 29.1 Å². The molecule has 0 spiro atoms. The third-order valence-electron chi connectivity index (χ3n) is 2.44. The molecule has 2 rings (SSSR count). The van der Waals surface area contributed by atoms with E-state index >= 15 is 0 Å². The third-order valence-corrected chi connectivity index (χ3v) is 3.49. The number of carboxylic acids is 1. The number of ether oxygens (including phenoxy) is 1. The van der Waals surface area contributed by atoms with Gasteiger partial charge >= 0.3 is 5.97 Å². The van der Waals surface area contributed by atoms with Crippen molar-refractivity contribution in [2.24, 2.45) is 0 Å². The van der Waals surface area contributed by atoms with E-state index in [4.69, 9.17) is 9.84 Å². The van der Waals surface area contributed by atoms with Gasteiger partial charge in [0.05, 0.1) is 23.9 Å². The molecular formula is C14H12N2O4S. The Morgan fingerprint density at radius 1 is 1.33 bits per heavy atom. The zero-order chi connectivity index (χ0) is 15.2. The van der Waals surface area contributed by atoms with E-state index in [-0.39, 0.29) is 5.91 Å². The molecule has 6 nitrogen and oxygen atoms in total. The van der Waals surface area contributed by atoms with E-state index in [2.05, 4.69) is 10.3 Å². The largest absolute Gasteiger partial charge is 0.481 e. The van der Waals surface area contributed by atoms with E-state index in [0.29, 0.717) is 21.3 Å². The van der Waals surface area contributed by atoms with Crippen molar-refractivity contribution in [2.75, 3.05) is 12.4 Å². The molecule has 0 aliphatic rings. The van der Waals surface area contributed by atoms with Crippen LogP contribution in [-0.2, 0) is 4.79 Å². The van der Waals surface area contributed by atoms with Gasteiger partial charge in [-0.3, -0.25) is 4.79 Å². The van der Waals surface area contributed by atoms with Crippen molar-refractivity contribution < 1.29 is 19.4 Å². The van der Waals surface area contributed by atoms with Crippen LogP contribution in [0.3, 0.4) is 0 Å². The molecule has 7 heteroatoms. The smallest absolute Gasteiger partial charge is 0.328 e. The number of pyridine rings is 1. The number of amides is 1. The number of nitrogens with one attached hydrogen (secondary N) is 1. The highest BCUT2D eigenvalue weighted by Crippen LogP contribution is 2.20. The minimum absolute atomic E-state index is 0.276. The van der Waals surface area contributed by atoms with Gasteiger partial charge in [0, 0.05) is 17.0 Å². The maximum absolute atomic E-state index is 12.0. The second-order valence-corrected chi connectivity index (χ2v) is 5.03. The average Bonchev–Trinajstić information content (AvgIpc) is 2.95. The molecule has 21 heavy (non-hydrogen) atoms. The van der Waals surface area contributed by atoms with E-state index in [1.54, 1.807) is 24.3 Å². The summed E-state index contributed by atoms with van der Waals surface area (Å²) in [6, 6.07) is 6.65. The van der Waals surface area contributed by atoms with E-state index in [1.165, 1.54) is 30.7 Å². The number of carbonyl (C=O) groups excluding carboxylic acids is 1. The van der Waals surface area contributed by atoms with Crippen LogP contribution in [0.2, 0.25) is 0 Å². The lowest BCUT2D eigenvalue weighted by atomic mass is 10.3. The second-order valence-electron chi connectivity index (χ2n) is 3.92. The highest BCUT2D eigenvalue weighted by atomic mass is 32.1. The number of anilines is 1. The molecule has 0 aromatic carbocycles. The Kier molecular flexibility index (Phi) is 4.68. The standard InChI is InChI=1S/C14H12N2O4S/c1-20-12-6-2-9(8-15-12)16-14(19)11-5-3-10(21-11)4-7-13(17)18/h2-8H,1H3,(H,16,19)(H,17,18). The van der Waals surface area contributed by atoms with Gasteiger partial charge in [0.2, 0.25) is 5.88 Å². The number of aliphatic carboxylic acids is 1. The Morgan fingerprint density at radius 3 is 2.76 bits per heavy atom. The minimum Gasteiger partial charge on any atom is -0.481 e. The van der Waals surface area contributed by atoms with Crippen LogP contribution in [0.15, 0.2) is 36.5 Å². The van der Waals surface area contributed by atoms with Gasteiger partial charge in [0.15, 0.2) is 0 Å². The predicted octanol–water partition coefficient (Wildman–Crippen LogP) is 2.50. The summed E-state index contributed by atoms with van der Waals surface area (Å²) in [5.41, 5.74) is 0.553. The number of nitrogens with zero attached hydrogens (tertiary/aromatic N) is 1. The van der Waals surface area contributed by atoms with Gasteiger partial charge in [0.25, 0.3) is 5.91 Å². The molecule has 108 valence electrons. The highest BCUT2D eigenvalue weighted by molar-refractivity contribution is 7.15. The SMILES string of the molecule is COc1ccc(NC(=O)c2ccc(C=CC(=O)O)s2)cn1. The maximum atomic E-state index is 12.0. The van der Waals surface area contributed by atoms with Crippen LogP contribution in [0, 0.1) is 0 Å². The van der Waals surface area contributed by atoms with Crippen LogP contribution in [0.25, 0.3) is 6.08 Å². The molecule has 0 radical (unpaired) electrons. The molecule has 0 aliphatic carbocycles. The number of carbonyl (C=O) groups is 2. The Balaban J connectivity index is 2.04. The lowest BCUT2D eigenvalue weighted by Gasteiger charge is -2.03. The van der Waals surface area contributed by atoms with Crippen LogP contribution >= 0.6 is 11.3 Å².